The number of nitrogens with zero attached hydrogens (tertiary/aromatic N) is 1. The van der Waals surface area contributed by atoms with E-state index >= 15 is 0 Å². The minimum Gasteiger partial charge on any atom is -0.464 e. The van der Waals surface area contributed by atoms with Crippen LogP contribution >= 0.6 is 0 Å². The molecule has 0 saturated carbocycles. The summed E-state index contributed by atoms with van der Waals surface area (Å²) >= 11 is 0. The van der Waals surface area contributed by atoms with Crippen LogP contribution in [0.5, 0.6) is 0 Å². The highest BCUT2D eigenvalue weighted by molar-refractivity contribution is 6.43. The van der Waals surface area contributed by atoms with Crippen molar-refractivity contribution in [3.8, 4) is 0 Å². The third-order valence-electron chi connectivity index (χ3n) is 5.35. The van der Waals surface area contributed by atoms with E-state index in [9.17, 15) is 27.6 Å². The van der Waals surface area contributed by atoms with Crippen LogP contribution in [0.4, 0.5) is 13.2 Å². The van der Waals surface area contributed by atoms with Crippen LogP contribution in [0.15, 0.2) is 34.9 Å². The molecule has 9 heteroatoms. The molecule has 1 amide bonds. The standard InChI is InChI=1S/C22H21F3N2O4/c1-11-18(20(29)21(30)26-13(3)22(23,24)25)12(2)27(4)19(11)16(28)10-14-5-6-17-15(9-14)7-8-31-17/h5-9,13H,10H2,1-4H3,(H,26,30)/t13-/m1/s1. The van der Waals surface area contributed by atoms with Gasteiger partial charge in [-0.25, -0.2) is 0 Å². The molecule has 164 valence electrons. The van der Waals surface area contributed by atoms with E-state index in [1.165, 1.54) is 18.4 Å². The molecule has 0 fully saturated rings. The van der Waals surface area contributed by atoms with Crippen LogP contribution in [-0.2, 0) is 18.3 Å². The van der Waals surface area contributed by atoms with Gasteiger partial charge in [-0.3, -0.25) is 14.4 Å². The molecule has 0 unspecified atom stereocenters. The number of hydrogen-bond acceptors (Lipinski definition) is 4. The molecular formula is C22H21F3N2O4. The second-order valence-corrected chi connectivity index (χ2v) is 7.45. The van der Waals surface area contributed by atoms with Crippen LogP contribution in [0.3, 0.4) is 0 Å². The minimum absolute atomic E-state index is 0.0458. The topological polar surface area (TPSA) is 81.3 Å². The molecule has 0 saturated heterocycles. The van der Waals surface area contributed by atoms with E-state index in [1.807, 2.05) is 6.07 Å². The quantitative estimate of drug-likeness (QED) is 0.469. The number of furan rings is 1. The molecule has 1 N–H and O–H groups in total. The van der Waals surface area contributed by atoms with Crippen molar-refractivity contribution in [3.05, 3.63) is 58.6 Å². The number of ketones is 2. The van der Waals surface area contributed by atoms with Crippen molar-refractivity contribution < 1.29 is 32.0 Å². The van der Waals surface area contributed by atoms with Gasteiger partial charge >= 0.3 is 6.18 Å². The molecule has 31 heavy (non-hydrogen) atoms. The van der Waals surface area contributed by atoms with Gasteiger partial charge in [0.2, 0.25) is 0 Å². The normalized spacial score (nSPS) is 12.7. The second kappa shape index (κ2) is 8.05. The number of carbonyl (C=O) groups is 3. The number of nitrogens with one attached hydrogen (secondary N) is 1. The van der Waals surface area contributed by atoms with Crippen LogP contribution in [0.1, 0.15) is 44.6 Å². The lowest BCUT2D eigenvalue weighted by Crippen LogP contribution is -2.46. The summed E-state index contributed by atoms with van der Waals surface area (Å²) in [6.07, 6.45) is -3.08. The third-order valence-corrected chi connectivity index (χ3v) is 5.35. The fourth-order valence-corrected chi connectivity index (χ4v) is 3.56. The maximum absolute atomic E-state index is 13.0. The first kappa shape index (κ1) is 22.3. The van der Waals surface area contributed by atoms with Gasteiger partial charge in [-0.2, -0.15) is 13.2 Å². The van der Waals surface area contributed by atoms with Crippen LogP contribution < -0.4 is 5.32 Å². The lowest BCUT2D eigenvalue weighted by Gasteiger charge is -2.16. The minimum atomic E-state index is -4.67. The summed E-state index contributed by atoms with van der Waals surface area (Å²) in [7, 11) is 1.57. The van der Waals surface area contributed by atoms with E-state index in [-0.39, 0.29) is 29.0 Å². The number of carbonyl (C=O) groups excluding carboxylic acids is 3. The molecule has 3 rings (SSSR count). The Labute approximate surface area is 176 Å². The fraction of sp³-hybridized carbons (Fsp3) is 0.318. The van der Waals surface area contributed by atoms with E-state index in [0.29, 0.717) is 11.3 Å². The zero-order chi connectivity index (χ0) is 23.1. The number of benzene rings is 1. The van der Waals surface area contributed by atoms with Crippen molar-refractivity contribution >= 4 is 28.4 Å². The number of aromatic nitrogens is 1. The summed E-state index contributed by atoms with van der Waals surface area (Å²) in [6, 6.07) is 4.93. The van der Waals surface area contributed by atoms with Gasteiger partial charge in [-0.1, -0.05) is 6.07 Å². The molecule has 1 aromatic carbocycles. The number of hydrogen-bond donors (Lipinski definition) is 1. The fourth-order valence-electron chi connectivity index (χ4n) is 3.56. The zero-order valence-corrected chi connectivity index (χ0v) is 17.4. The summed E-state index contributed by atoms with van der Waals surface area (Å²) < 4.78 is 44.9. The lowest BCUT2D eigenvalue weighted by atomic mass is 10.0. The van der Waals surface area contributed by atoms with Gasteiger partial charge in [0.1, 0.15) is 11.6 Å². The highest BCUT2D eigenvalue weighted by Crippen LogP contribution is 2.25. The van der Waals surface area contributed by atoms with Crippen molar-refractivity contribution in [3.63, 3.8) is 0 Å². The molecule has 2 heterocycles. The van der Waals surface area contributed by atoms with Gasteiger partial charge < -0.3 is 14.3 Å². The van der Waals surface area contributed by atoms with Crippen molar-refractivity contribution in [2.45, 2.75) is 39.4 Å². The molecule has 0 aliphatic carbocycles. The number of amides is 1. The predicted molar refractivity (Wildman–Crippen MR) is 107 cm³/mol. The summed E-state index contributed by atoms with van der Waals surface area (Å²) in [4.78, 5) is 37.7. The molecule has 2 aromatic heterocycles. The molecule has 6 nitrogen and oxygen atoms in total. The number of fused-ring (bicyclic) bond motifs is 1. The summed E-state index contributed by atoms with van der Waals surface area (Å²) in [6.45, 7) is 3.80. The highest BCUT2D eigenvalue weighted by atomic mass is 19.4. The van der Waals surface area contributed by atoms with E-state index in [0.717, 1.165) is 17.9 Å². The van der Waals surface area contributed by atoms with Crippen molar-refractivity contribution in [1.29, 1.82) is 0 Å². The maximum atomic E-state index is 13.0. The Morgan fingerprint density at radius 2 is 1.84 bits per heavy atom. The van der Waals surface area contributed by atoms with Crippen molar-refractivity contribution in [1.82, 2.24) is 9.88 Å². The predicted octanol–water partition coefficient (Wildman–Crippen LogP) is 4.06. The molecule has 0 spiro atoms. The largest absolute Gasteiger partial charge is 0.464 e. The molecule has 3 aromatic rings. The van der Waals surface area contributed by atoms with E-state index in [1.54, 1.807) is 36.8 Å². The van der Waals surface area contributed by atoms with Gasteiger partial charge in [0.15, 0.2) is 5.78 Å². The first-order valence-corrected chi connectivity index (χ1v) is 9.49. The van der Waals surface area contributed by atoms with Gasteiger partial charge in [0, 0.05) is 24.5 Å². The van der Waals surface area contributed by atoms with Crippen molar-refractivity contribution in [2.75, 3.05) is 0 Å². The van der Waals surface area contributed by atoms with Gasteiger partial charge in [0.05, 0.1) is 17.5 Å². The first-order valence-electron chi connectivity index (χ1n) is 9.49. The average molecular weight is 434 g/mol. The van der Waals surface area contributed by atoms with E-state index in [4.69, 9.17) is 4.42 Å². The molecule has 0 aliphatic rings. The van der Waals surface area contributed by atoms with E-state index < -0.39 is 23.9 Å². The lowest BCUT2D eigenvalue weighted by molar-refractivity contribution is -0.156. The average Bonchev–Trinajstić information content (AvgIpc) is 3.22. The summed E-state index contributed by atoms with van der Waals surface area (Å²) in [5.41, 5.74) is 2.17. The van der Waals surface area contributed by atoms with Crippen LogP contribution in [0.25, 0.3) is 11.0 Å². The van der Waals surface area contributed by atoms with Gasteiger partial charge in [0.25, 0.3) is 11.7 Å². The van der Waals surface area contributed by atoms with Crippen LogP contribution in [0.2, 0.25) is 0 Å². The number of Topliss-reactive ketones (excluding diaryl/α,β-unsaturated/α-hetero) is 2. The Bertz CT molecular complexity index is 1190. The first-order chi connectivity index (χ1) is 14.4. The van der Waals surface area contributed by atoms with Crippen molar-refractivity contribution in [2.24, 2.45) is 7.05 Å². The summed E-state index contributed by atoms with van der Waals surface area (Å²) in [5, 5.41) is 2.51. The smallest absolute Gasteiger partial charge is 0.408 e. The molecule has 0 radical (unpaired) electrons. The van der Waals surface area contributed by atoms with Crippen LogP contribution in [0, 0.1) is 13.8 Å². The Balaban J connectivity index is 1.87. The Morgan fingerprint density at radius 3 is 2.48 bits per heavy atom. The van der Waals surface area contributed by atoms with Gasteiger partial charge in [-0.15, -0.1) is 0 Å². The molecular weight excluding hydrogens is 413 g/mol. The number of rotatable bonds is 6. The van der Waals surface area contributed by atoms with E-state index in [2.05, 4.69) is 0 Å². The Kier molecular flexibility index (Phi) is 5.80. The Morgan fingerprint density at radius 1 is 1.16 bits per heavy atom. The van der Waals surface area contributed by atoms with Gasteiger partial charge in [-0.05, 0) is 50.1 Å². The molecule has 0 aliphatic heterocycles. The SMILES string of the molecule is Cc1c(C(=O)C(=O)N[C@H](C)C(F)(F)F)c(C)n(C)c1C(=O)Cc1ccc2occc2c1. The summed E-state index contributed by atoms with van der Waals surface area (Å²) in [5.74, 6) is -2.76. The van der Waals surface area contributed by atoms with Crippen LogP contribution in [-0.4, -0.2) is 34.3 Å². The maximum Gasteiger partial charge on any atom is 0.408 e. The highest BCUT2D eigenvalue weighted by Gasteiger charge is 2.39. The molecule has 1 atom stereocenters. The monoisotopic (exact) mass is 434 g/mol. The number of halogens is 3. The zero-order valence-electron chi connectivity index (χ0n) is 17.4. The number of alkyl halides is 3. The third kappa shape index (κ3) is 4.26. The second-order valence-electron chi connectivity index (χ2n) is 7.45. The Hall–Kier alpha value is -3.36. The molecule has 0 bridgehead atoms.